The first-order chi connectivity index (χ1) is 13.4. The molecule has 1 aliphatic heterocycles. The van der Waals surface area contributed by atoms with Gasteiger partial charge in [0.2, 0.25) is 5.91 Å². The Morgan fingerprint density at radius 3 is 2.61 bits per heavy atom. The molecule has 1 aliphatic carbocycles. The Morgan fingerprint density at radius 2 is 1.86 bits per heavy atom. The highest BCUT2D eigenvalue weighted by Gasteiger charge is 2.38. The standard InChI is InChI=1S/C18H23F3N6O/c19-18(20,21)17-24-23-14-8-9-15(25-27(14)17)26-10-4-5-12(11-26)16(28)22-13-6-2-1-3-7-13/h8-9,12-13H,1-7,10-11H2,(H,22,28)/t12-/m0/s1. The fraction of sp³-hybridized carbons (Fsp3) is 0.667. The van der Waals surface area contributed by atoms with Crippen LogP contribution in [-0.2, 0) is 11.0 Å². The lowest BCUT2D eigenvalue weighted by Gasteiger charge is -2.34. The number of hydrogen-bond donors (Lipinski definition) is 1. The smallest absolute Gasteiger partial charge is 0.354 e. The number of nitrogens with zero attached hydrogens (tertiary/aromatic N) is 5. The summed E-state index contributed by atoms with van der Waals surface area (Å²) in [6.45, 7) is 1.09. The summed E-state index contributed by atoms with van der Waals surface area (Å²) in [4.78, 5) is 14.5. The van der Waals surface area contributed by atoms with Gasteiger partial charge < -0.3 is 10.2 Å². The van der Waals surface area contributed by atoms with Crippen molar-refractivity contribution >= 4 is 17.4 Å². The topological polar surface area (TPSA) is 75.4 Å². The van der Waals surface area contributed by atoms with Gasteiger partial charge >= 0.3 is 6.18 Å². The fourth-order valence-electron chi connectivity index (χ4n) is 4.09. The van der Waals surface area contributed by atoms with Crippen LogP contribution in [0.4, 0.5) is 19.0 Å². The van der Waals surface area contributed by atoms with Gasteiger partial charge in [0.15, 0.2) is 5.65 Å². The Hall–Kier alpha value is -2.39. The number of amides is 1. The van der Waals surface area contributed by atoms with E-state index in [0.717, 1.165) is 43.0 Å². The van der Waals surface area contributed by atoms with Crippen molar-refractivity contribution in [2.24, 2.45) is 5.92 Å². The predicted octanol–water partition coefficient (Wildman–Crippen LogP) is 2.81. The first-order valence-electron chi connectivity index (χ1n) is 9.77. The second-order valence-corrected chi connectivity index (χ2v) is 7.61. The summed E-state index contributed by atoms with van der Waals surface area (Å²) >= 11 is 0. The van der Waals surface area contributed by atoms with Gasteiger partial charge in [-0.2, -0.15) is 17.7 Å². The zero-order chi connectivity index (χ0) is 19.7. The molecule has 10 heteroatoms. The van der Waals surface area contributed by atoms with E-state index in [1.807, 2.05) is 4.90 Å². The van der Waals surface area contributed by atoms with Gasteiger partial charge in [-0.1, -0.05) is 19.3 Å². The number of nitrogens with one attached hydrogen (secondary N) is 1. The van der Waals surface area contributed by atoms with E-state index in [1.54, 1.807) is 6.07 Å². The number of anilines is 1. The van der Waals surface area contributed by atoms with E-state index in [-0.39, 0.29) is 23.5 Å². The number of rotatable bonds is 3. The molecule has 0 aromatic carbocycles. The molecular weight excluding hydrogens is 373 g/mol. The van der Waals surface area contributed by atoms with Gasteiger partial charge in [-0.3, -0.25) is 4.79 Å². The first-order valence-corrected chi connectivity index (χ1v) is 9.77. The quantitative estimate of drug-likeness (QED) is 0.864. The normalized spacial score (nSPS) is 21.8. The summed E-state index contributed by atoms with van der Waals surface area (Å²) in [5.74, 6) is -0.893. The number of fused-ring (bicyclic) bond motifs is 1. The SMILES string of the molecule is O=C(NC1CCCCC1)[C@H]1CCCN(c2ccc3nnc(C(F)(F)F)n3n2)C1. The van der Waals surface area contributed by atoms with Gasteiger partial charge in [0, 0.05) is 19.1 Å². The molecule has 7 nitrogen and oxygen atoms in total. The highest BCUT2D eigenvalue weighted by Crippen LogP contribution is 2.29. The molecule has 0 spiro atoms. The summed E-state index contributed by atoms with van der Waals surface area (Å²) in [6, 6.07) is 3.35. The maximum atomic E-state index is 13.1. The predicted molar refractivity (Wildman–Crippen MR) is 95.7 cm³/mol. The van der Waals surface area contributed by atoms with Crippen LogP contribution in [0.15, 0.2) is 12.1 Å². The highest BCUT2D eigenvalue weighted by atomic mass is 19.4. The van der Waals surface area contributed by atoms with Gasteiger partial charge in [0.05, 0.1) is 5.92 Å². The number of carbonyl (C=O) groups is 1. The lowest BCUT2D eigenvalue weighted by atomic mass is 9.93. The lowest BCUT2D eigenvalue weighted by molar-refractivity contribution is -0.146. The van der Waals surface area contributed by atoms with Crippen LogP contribution in [0.2, 0.25) is 0 Å². The molecular formula is C18H23F3N6O. The third-order valence-electron chi connectivity index (χ3n) is 5.57. The molecule has 28 heavy (non-hydrogen) atoms. The van der Waals surface area contributed by atoms with E-state index in [4.69, 9.17) is 0 Å². The number of halogens is 3. The Morgan fingerprint density at radius 1 is 1.07 bits per heavy atom. The Balaban J connectivity index is 1.48. The average molecular weight is 396 g/mol. The summed E-state index contributed by atoms with van der Waals surface area (Å²) in [5.41, 5.74) is 0.0414. The van der Waals surface area contributed by atoms with Crippen LogP contribution in [0.25, 0.3) is 5.65 Å². The van der Waals surface area contributed by atoms with Crippen molar-refractivity contribution in [2.75, 3.05) is 18.0 Å². The van der Waals surface area contributed by atoms with E-state index in [0.29, 0.717) is 18.9 Å². The van der Waals surface area contributed by atoms with Crippen LogP contribution < -0.4 is 10.2 Å². The molecule has 1 saturated heterocycles. The number of piperidine rings is 1. The molecule has 1 saturated carbocycles. The molecule has 0 radical (unpaired) electrons. The lowest BCUT2D eigenvalue weighted by Crippen LogP contribution is -2.46. The third kappa shape index (κ3) is 3.90. The van der Waals surface area contributed by atoms with E-state index in [9.17, 15) is 18.0 Å². The minimum Gasteiger partial charge on any atom is -0.354 e. The molecule has 152 valence electrons. The van der Waals surface area contributed by atoms with Gasteiger partial charge in [0.25, 0.3) is 5.82 Å². The summed E-state index contributed by atoms with van der Waals surface area (Å²) in [5, 5.41) is 14.0. The van der Waals surface area contributed by atoms with Crippen LogP contribution in [0.1, 0.15) is 50.8 Å². The van der Waals surface area contributed by atoms with Gasteiger partial charge in [0.1, 0.15) is 5.82 Å². The molecule has 1 atom stereocenters. The number of hydrogen-bond acceptors (Lipinski definition) is 5. The summed E-state index contributed by atoms with van der Waals surface area (Å²) in [7, 11) is 0. The number of carbonyl (C=O) groups excluding carboxylic acids is 1. The van der Waals surface area contributed by atoms with Crippen molar-refractivity contribution < 1.29 is 18.0 Å². The van der Waals surface area contributed by atoms with E-state index < -0.39 is 12.0 Å². The highest BCUT2D eigenvalue weighted by molar-refractivity contribution is 5.79. The van der Waals surface area contributed by atoms with Crippen LogP contribution in [-0.4, -0.2) is 44.8 Å². The van der Waals surface area contributed by atoms with Gasteiger partial charge in [-0.15, -0.1) is 15.3 Å². The maximum Gasteiger partial charge on any atom is 0.453 e. The van der Waals surface area contributed by atoms with Crippen molar-refractivity contribution in [1.82, 2.24) is 25.1 Å². The Bertz CT molecular complexity index is 845. The van der Waals surface area contributed by atoms with Crippen molar-refractivity contribution in [3.8, 4) is 0 Å². The van der Waals surface area contributed by atoms with Crippen LogP contribution in [0.3, 0.4) is 0 Å². The molecule has 1 amide bonds. The van der Waals surface area contributed by atoms with E-state index in [2.05, 4.69) is 20.6 Å². The minimum absolute atomic E-state index is 0.0398. The van der Waals surface area contributed by atoms with Crippen molar-refractivity contribution in [1.29, 1.82) is 0 Å². The number of aromatic nitrogens is 4. The van der Waals surface area contributed by atoms with Crippen LogP contribution in [0.5, 0.6) is 0 Å². The Kier molecular flexibility index (Phi) is 5.11. The molecule has 2 aromatic rings. The third-order valence-corrected chi connectivity index (χ3v) is 5.57. The number of alkyl halides is 3. The van der Waals surface area contributed by atoms with Gasteiger partial charge in [-0.05, 0) is 37.8 Å². The second kappa shape index (κ2) is 7.56. The molecule has 2 aromatic heterocycles. The maximum absolute atomic E-state index is 13.1. The van der Waals surface area contributed by atoms with Crippen molar-refractivity contribution in [3.63, 3.8) is 0 Å². The summed E-state index contributed by atoms with van der Waals surface area (Å²) < 4.78 is 40.0. The minimum atomic E-state index is -4.63. The fourth-order valence-corrected chi connectivity index (χ4v) is 4.09. The largest absolute Gasteiger partial charge is 0.453 e. The van der Waals surface area contributed by atoms with Crippen molar-refractivity contribution in [2.45, 2.75) is 57.2 Å². The molecule has 0 bridgehead atoms. The first kappa shape index (κ1) is 18.9. The zero-order valence-corrected chi connectivity index (χ0v) is 15.5. The molecule has 3 heterocycles. The summed E-state index contributed by atoms with van der Waals surface area (Å²) in [6.07, 6.45) is 2.49. The van der Waals surface area contributed by atoms with Gasteiger partial charge in [-0.25, -0.2) is 0 Å². The van der Waals surface area contributed by atoms with Crippen LogP contribution in [0, 0.1) is 5.92 Å². The van der Waals surface area contributed by atoms with E-state index >= 15 is 0 Å². The molecule has 2 aliphatic rings. The molecule has 4 rings (SSSR count). The second-order valence-electron chi connectivity index (χ2n) is 7.61. The molecule has 2 fully saturated rings. The average Bonchev–Trinajstić information content (AvgIpc) is 3.12. The monoisotopic (exact) mass is 396 g/mol. The Labute approximate surface area is 160 Å². The zero-order valence-electron chi connectivity index (χ0n) is 15.5. The van der Waals surface area contributed by atoms with Crippen molar-refractivity contribution in [3.05, 3.63) is 18.0 Å². The van der Waals surface area contributed by atoms with Crippen LogP contribution >= 0.6 is 0 Å². The molecule has 0 unspecified atom stereocenters. The molecule has 1 N–H and O–H groups in total. The van der Waals surface area contributed by atoms with E-state index in [1.165, 1.54) is 12.5 Å².